The van der Waals surface area contributed by atoms with Crippen LogP contribution < -0.4 is 16.4 Å². The van der Waals surface area contributed by atoms with Crippen molar-refractivity contribution in [3.05, 3.63) is 23.8 Å². The lowest BCUT2D eigenvalue weighted by Crippen LogP contribution is -2.68. The van der Waals surface area contributed by atoms with E-state index in [1.165, 1.54) is 42.8 Å². The van der Waals surface area contributed by atoms with Crippen LogP contribution in [0.3, 0.4) is 0 Å². The predicted octanol–water partition coefficient (Wildman–Crippen LogP) is 3.63. The standard InChI is InChI=1S/C29H44FN7O3S/c30-21-18-32-27-24(26(31)35-37(27)19-21)28(38)34-25-23(20-11-16-36(17-12-20)41(39,40)22-8-9-22)10-15-33-29(25)13-6-4-2-1-3-5-7-14-29/h18-20,22-23,25,33H,1-17H2,(H2,31,35)(H,34,38). The van der Waals surface area contributed by atoms with E-state index in [0.29, 0.717) is 19.0 Å². The molecule has 4 N–H and O–H groups in total. The molecule has 0 radical (unpaired) electrons. The normalized spacial score (nSPS) is 27.1. The molecule has 2 atom stereocenters. The second-order valence-corrected chi connectivity index (χ2v) is 15.0. The first kappa shape index (κ1) is 28.8. The molecule has 4 aliphatic rings. The lowest BCUT2D eigenvalue weighted by molar-refractivity contribution is 0.0463. The molecule has 2 aliphatic carbocycles. The van der Waals surface area contributed by atoms with Crippen LogP contribution in [-0.2, 0) is 10.0 Å². The number of hydrogen-bond donors (Lipinski definition) is 3. The summed E-state index contributed by atoms with van der Waals surface area (Å²) in [5, 5.41) is 11.3. The van der Waals surface area contributed by atoms with E-state index in [4.69, 9.17) is 5.73 Å². The molecule has 4 fully saturated rings. The minimum absolute atomic E-state index is 0.0273. The topological polar surface area (TPSA) is 135 Å². The van der Waals surface area contributed by atoms with Crippen LogP contribution in [-0.4, -0.2) is 69.7 Å². The molecule has 6 rings (SSSR count). The summed E-state index contributed by atoms with van der Waals surface area (Å²) in [6.07, 6.45) is 16.6. The fourth-order valence-corrected chi connectivity index (χ4v) is 9.67. The van der Waals surface area contributed by atoms with E-state index < -0.39 is 15.8 Å². The second kappa shape index (κ2) is 11.8. The van der Waals surface area contributed by atoms with Crippen molar-refractivity contribution in [2.24, 2.45) is 11.8 Å². The van der Waals surface area contributed by atoms with Gasteiger partial charge in [-0.05, 0) is 63.3 Å². The molecule has 2 aromatic heterocycles. The molecular formula is C29H44FN7O3S. The lowest BCUT2D eigenvalue weighted by Gasteiger charge is -2.53. The third-order valence-corrected chi connectivity index (χ3v) is 12.5. The summed E-state index contributed by atoms with van der Waals surface area (Å²) in [7, 11) is -3.18. The summed E-state index contributed by atoms with van der Waals surface area (Å²) in [5.74, 6) is -0.338. The van der Waals surface area contributed by atoms with Gasteiger partial charge in [0.2, 0.25) is 10.0 Å². The van der Waals surface area contributed by atoms with Crippen LogP contribution in [0.4, 0.5) is 10.2 Å². The number of aromatic nitrogens is 3. The smallest absolute Gasteiger partial charge is 0.259 e. The number of carbonyl (C=O) groups excluding carboxylic acids is 1. The van der Waals surface area contributed by atoms with Gasteiger partial charge in [0.1, 0.15) is 5.56 Å². The number of hydrogen-bond acceptors (Lipinski definition) is 7. The quantitative estimate of drug-likeness (QED) is 0.485. The molecule has 0 aromatic carbocycles. The fraction of sp³-hybridized carbons (Fsp3) is 0.759. The maximum Gasteiger partial charge on any atom is 0.259 e. The molecule has 12 heteroatoms. The first-order valence-corrected chi connectivity index (χ1v) is 17.1. The summed E-state index contributed by atoms with van der Waals surface area (Å²) < 4.78 is 42.6. The Hall–Kier alpha value is -2.31. The van der Waals surface area contributed by atoms with Gasteiger partial charge < -0.3 is 16.4 Å². The highest BCUT2D eigenvalue weighted by Crippen LogP contribution is 2.42. The van der Waals surface area contributed by atoms with E-state index >= 15 is 0 Å². The SMILES string of the molecule is Nc1nn2cc(F)cnc2c1C(=O)NC1C(C2CCN(S(=O)(=O)C3CC3)CC2)CCNC12CCCCCCCCC2. The largest absolute Gasteiger partial charge is 0.381 e. The number of nitrogens with one attached hydrogen (secondary N) is 2. The summed E-state index contributed by atoms with van der Waals surface area (Å²) in [6.45, 7) is 1.99. The van der Waals surface area contributed by atoms with Gasteiger partial charge in [0.15, 0.2) is 17.3 Å². The molecule has 2 saturated carbocycles. The monoisotopic (exact) mass is 589 g/mol. The Balaban J connectivity index is 1.29. The van der Waals surface area contributed by atoms with Crippen LogP contribution in [0.1, 0.15) is 100 Å². The van der Waals surface area contributed by atoms with Crippen molar-refractivity contribution in [1.29, 1.82) is 0 Å². The number of sulfonamides is 1. The Kier molecular flexibility index (Phi) is 8.26. The number of nitrogens with zero attached hydrogens (tertiary/aromatic N) is 4. The van der Waals surface area contributed by atoms with Crippen molar-refractivity contribution in [3.8, 4) is 0 Å². The van der Waals surface area contributed by atoms with Crippen molar-refractivity contribution in [1.82, 2.24) is 29.5 Å². The number of carbonyl (C=O) groups is 1. The molecule has 1 amide bonds. The fourth-order valence-electron chi connectivity index (χ4n) is 7.80. The van der Waals surface area contributed by atoms with Crippen molar-refractivity contribution in [3.63, 3.8) is 0 Å². The van der Waals surface area contributed by atoms with Gasteiger partial charge in [-0.3, -0.25) is 4.79 Å². The second-order valence-electron chi connectivity index (χ2n) is 12.7. The number of amides is 1. The van der Waals surface area contributed by atoms with Crippen LogP contribution in [0.2, 0.25) is 0 Å². The predicted molar refractivity (Wildman–Crippen MR) is 155 cm³/mol. The van der Waals surface area contributed by atoms with Crippen LogP contribution in [0.5, 0.6) is 0 Å². The summed E-state index contributed by atoms with van der Waals surface area (Å²) >= 11 is 0. The summed E-state index contributed by atoms with van der Waals surface area (Å²) in [5.41, 5.74) is 6.36. The number of halogens is 1. The van der Waals surface area contributed by atoms with Crippen LogP contribution in [0, 0.1) is 17.7 Å². The number of rotatable bonds is 5. The van der Waals surface area contributed by atoms with Gasteiger partial charge >= 0.3 is 0 Å². The maximum absolute atomic E-state index is 14.0. The average Bonchev–Trinajstić information content (AvgIpc) is 3.77. The summed E-state index contributed by atoms with van der Waals surface area (Å²) in [4.78, 5) is 18.1. The molecule has 2 unspecified atom stereocenters. The molecule has 0 bridgehead atoms. The molecule has 2 aliphatic heterocycles. The maximum atomic E-state index is 14.0. The van der Waals surface area contributed by atoms with Gasteiger partial charge in [0.25, 0.3) is 5.91 Å². The lowest BCUT2D eigenvalue weighted by atomic mass is 9.65. The molecule has 226 valence electrons. The van der Waals surface area contributed by atoms with E-state index in [9.17, 15) is 17.6 Å². The molecule has 2 saturated heterocycles. The van der Waals surface area contributed by atoms with E-state index in [2.05, 4.69) is 20.7 Å². The Bertz CT molecular complexity index is 1340. The molecule has 41 heavy (non-hydrogen) atoms. The Morgan fingerprint density at radius 1 is 1.02 bits per heavy atom. The third kappa shape index (κ3) is 5.84. The van der Waals surface area contributed by atoms with Crippen LogP contribution in [0.25, 0.3) is 5.65 Å². The molecule has 4 heterocycles. The number of nitrogen functional groups attached to an aromatic ring is 1. The van der Waals surface area contributed by atoms with E-state index in [1.807, 2.05) is 0 Å². The summed E-state index contributed by atoms with van der Waals surface area (Å²) in [6, 6.07) is -0.144. The number of fused-ring (bicyclic) bond motifs is 1. The Labute approximate surface area is 242 Å². The van der Waals surface area contributed by atoms with Crippen molar-refractivity contribution >= 4 is 27.4 Å². The highest BCUT2D eigenvalue weighted by atomic mass is 32.2. The highest BCUT2D eigenvalue weighted by Gasteiger charge is 2.49. The van der Waals surface area contributed by atoms with Gasteiger partial charge in [0, 0.05) is 18.6 Å². The van der Waals surface area contributed by atoms with Crippen LogP contribution in [0.15, 0.2) is 12.4 Å². The Morgan fingerprint density at radius 2 is 1.68 bits per heavy atom. The highest BCUT2D eigenvalue weighted by molar-refractivity contribution is 7.90. The zero-order valence-corrected chi connectivity index (χ0v) is 24.7. The third-order valence-electron chi connectivity index (χ3n) is 10.1. The number of nitrogens with two attached hydrogens (primary N) is 1. The zero-order valence-electron chi connectivity index (χ0n) is 23.9. The average molecular weight is 590 g/mol. The first-order valence-electron chi connectivity index (χ1n) is 15.6. The van der Waals surface area contributed by atoms with Crippen molar-refractivity contribution < 1.29 is 17.6 Å². The molecule has 2 aromatic rings. The van der Waals surface area contributed by atoms with Gasteiger partial charge in [-0.25, -0.2) is 26.6 Å². The number of anilines is 1. The molecular weight excluding hydrogens is 545 g/mol. The minimum atomic E-state index is -3.18. The van der Waals surface area contributed by atoms with Crippen molar-refractivity contribution in [2.75, 3.05) is 25.4 Å². The first-order chi connectivity index (χ1) is 19.8. The van der Waals surface area contributed by atoms with E-state index in [1.54, 1.807) is 4.31 Å². The van der Waals surface area contributed by atoms with Gasteiger partial charge in [-0.2, -0.15) is 0 Å². The van der Waals surface area contributed by atoms with Crippen LogP contribution >= 0.6 is 0 Å². The van der Waals surface area contributed by atoms with E-state index in [-0.39, 0.29) is 45.7 Å². The Morgan fingerprint density at radius 3 is 2.34 bits per heavy atom. The van der Waals surface area contributed by atoms with Crippen molar-refractivity contribution in [2.45, 2.75) is 107 Å². The molecule has 1 spiro atoms. The van der Waals surface area contributed by atoms with Gasteiger partial charge in [0.05, 0.1) is 23.7 Å². The number of piperidine rings is 2. The van der Waals surface area contributed by atoms with E-state index in [0.717, 1.165) is 70.5 Å². The van der Waals surface area contributed by atoms with Gasteiger partial charge in [-0.15, -0.1) is 5.10 Å². The molecule has 10 nitrogen and oxygen atoms in total. The zero-order chi connectivity index (χ0) is 28.6. The minimum Gasteiger partial charge on any atom is -0.381 e. The van der Waals surface area contributed by atoms with Gasteiger partial charge in [-0.1, -0.05) is 44.9 Å².